The van der Waals surface area contributed by atoms with Crippen molar-refractivity contribution in [2.45, 2.75) is 448 Å². The van der Waals surface area contributed by atoms with E-state index in [2.05, 4.69) is 19.2 Å². The van der Waals surface area contributed by atoms with Crippen LogP contribution in [0.2, 0.25) is 0 Å². The fourth-order valence-corrected chi connectivity index (χ4v) is 12.7. The third-order valence-corrected chi connectivity index (χ3v) is 18.6. The first-order valence-corrected chi connectivity index (χ1v) is 37.9. The van der Waals surface area contributed by atoms with Crippen LogP contribution in [0, 0.1) is 0 Å². The zero-order chi connectivity index (χ0) is 60.7. The van der Waals surface area contributed by atoms with Crippen LogP contribution in [-0.4, -0.2) is 87.5 Å². The zero-order valence-electron chi connectivity index (χ0n) is 56.2. The number of aliphatic hydroxyl groups excluding tert-OH is 5. The number of allylic oxidation sites excluding steroid dienone is 1. The molecule has 0 bridgehead atoms. The summed E-state index contributed by atoms with van der Waals surface area (Å²) in [6.07, 6.45) is 77.8. The van der Waals surface area contributed by atoms with Crippen molar-refractivity contribution in [3.63, 3.8) is 0 Å². The van der Waals surface area contributed by atoms with Crippen molar-refractivity contribution in [3.8, 4) is 0 Å². The van der Waals surface area contributed by atoms with Gasteiger partial charge < -0.3 is 40.3 Å². The molecule has 1 rings (SSSR count). The van der Waals surface area contributed by atoms with E-state index in [0.29, 0.717) is 6.42 Å². The van der Waals surface area contributed by atoms with Crippen molar-refractivity contribution in [1.29, 1.82) is 0 Å². The van der Waals surface area contributed by atoms with E-state index in [0.717, 1.165) is 38.5 Å². The van der Waals surface area contributed by atoms with E-state index < -0.39 is 49.5 Å². The quantitative estimate of drug-likeness (QED) is 0.0261. The van der Waals surface area contributed by atoms with Crippen LogP contribution in [0.1, 0.15) is 406 Å². The second-order valence-electron chi connectivity index (χ2n) is 26.8. The largest absolute Gasteiger partial charge is 0.394 e. The highest BCUT2D eigenvalue weighted by molar-refractivity contribution is 5.76. The van der Waals surface area contributed by atoms with E-state index in [4.69, 9.17) is 9.47 Å². The number of nitrogens with one attached hydrogen (secondary N) is 1. The summed E-state index contributed by atoms with van der Waals surface area (Å²) in [4.78, 5) is 13.1. The molecule has 1 aliphatic rings. The molecule has 84 heavy (non-hydrogen) atoms. The topological polar surface area (TPSA) is 149 Å². The Balaban J connectivity index is 2.06. The summed E-state index contributed by atoms with van der Waals surface area (Å²) in [5.74, 6) is -0.166. The van der Waals surface area contributed by atoms with E-state index in [1.54, 1.807) is 6.08 Å². The Labute approximate surface area is 522 Å². The molecule has 9 nitrogen and oxygen atoms in total. The molecule has 0 radical (unpaired) electrons. The summed E-state index contributed by atoms with van der Waals surface area (Å²) in [6, 6.07) is -0.802. The van der Waals surface area contributed by atoms with Gasteiger partial charge in [-0.1, -0.05) is 392 Å². The molecule has 7 atom stereocenters. The zero-order valence-corrected chi connectivity index (χ0v) is 56.2. The van der Waals surface area contributed by atoms with Gasteiger partial charge in [0.15, 0.2) is 6.29 Å². The number of carbonyl (C=O) groups is 1. The van der Waals surface area contributed by atoms with Crippen molar-refractivity contribution in [2.24, 2.45) is 0 Å². The van der Waals surface area contributed by atoms with E-state index in [1.165, 1.54) is 347 Å². The van der Waals surface area contributed by atoms with Crippen molar-refractivity contribution in [2.75, 3.05) is 13.2 Å². The molecular weight excluding hydrogens is 1040 g/mol. The number of aliphatic hydroxyl groups is 5. The number of amides is 1. The summed E-state index contributed by atoms with van der Waals surface area (Å²) >= 11 is 0. The van der Waals surface area contributed by atoms with Crippen LogP contribution in [0.3, 0.4) is 0 Å². The highest BCUT2D eigenvalue weighted by atomic mass is 16.7. The fourth-order valence-electron chi connectivity index (χ4n) is 12.7. The number of hydrogen-bond acceptors (Lipinski definition) is 8. The standard InChI is InChI=1S/C75H147NO8/c1-3-5-7-9-11-13-15-17-19-21-23-25-27-29-30-31-32-33-34-35-36-37-38-39-41-43-45-47-49-51-53-55-57-59-61-63-65-71(79)76-68(67-83-75-74(82)73(81)72(80)70(66-77)84-75)69(78)64-62-60-58-56-54-52-50-48-46-44-42-40-28-26-24-22-20-18-16-14-12-10-8-6-4-2/h62,64,68-70,72-75,77-78,80-82H,3-61,63,65-67H2,1-2H3,(H,76,79)/b64-62+. The molecule has 0 aromatic carbocycles. The van der Waals surface area contributed by atoms with Crippen LogP contribution in [0.25, 0.3) is 0 Å². The van der Waals surface area contributed by atoms with Gasteiger partial charge >= 0.3 is 0 Å². The lowest BCUT2D eigenvalue weighted by Gasteiger charge is -2.40. The van der Waals surface area contributed by atoms with Gasteiger partial charge in [-0.3, -0.25) is 4.79 Å². The molecule has 0 aliphatic carbocycles. The highest BCUT2D eigenvalue weighted by Gasteiger charge is 2.44. The second kappa shape index (κ2) is 64.9. The Bertz CT molecular complexity index is 1330. The first-order chi connectivity index (χ1) is 41.3. The van der Waals surface area contributed by atoms with Crippen LogP contribution in [0.15, 0.2) is 12.2 Å². The summed E-state index contributed by atoms with van der Waals surface area (Å²) < 4.78 is 11.3. The normalized spacial score (nSPS) is 18.1. The van der Waals surface area contributed by atoms with Crippen LogP contribution in [0.5, 0.6) is 0 Å². The van der Waals surface area contributed by atoms with Gasteiger partial charge in [0, 0.05) is 6.42 Å². The van der Waals surface area contributed by atoms with Gasteiger partial charge in [0.05, 0.1) is 25.4 Å². The Hall–Kier alpha value is -1.07. The van der Waals surface area contributed by atoms with Crippen molar-refractivity contribution >= 4 is 5.91 Å². The summed E-state index contributed by atoms with van der Waals surface area (Å²) in [6.45, 7) is 3.85. The van der Waals surface area contributed by atoms with Gasteiger partial charge in [-0.25, -0.2) is 0 Å². The lowest BCUT2D eigenvalue weighted by Crippen LogP contribution is -2.60. The highest BCUT2D eigenvalue weighted by Crippen LogP contribution is 2.24. The molecule has 0 saturated carbocycles. The first-order valence-electron chi connectivity index (χ1n) is 37.9. The van der Waals surface area contributed by atoms with E-state index in [-0.39, 0.29) is 12.5 Å². The average molecular weight is 1190 g/mol. The lowest BCUT2D eigenvalue weighted by molar-refractivity contribution is -0.302. The van der Waals surface area contributed by atoms with Crippen LogP contribution in [-0.2, 0) is 14.3 Å². The number of unbranched alkanes of at least 4 members (excludes halogenated alkanes) is 58. The molecule has 0 aromatic heterocycles. The molecule has 9 heteroatoms. The minimum atomic E-state index is -1.56. The van der Waals surface area contributed by atoms with Crippen LogP contribution >= 0.6 is 0 Å². The third kappa shape index (κ3) is 52.8. The summed E-state index contributed by atoms with van der Waals surface area (Å²) in [7, 11) is 0. The Kier molecular flexibility index (Phi) is 62.5. The van der Waals surface area contributed by atoms with E-state index in [9.17, 15) is 30.3 Å². The van der Waals surface area contributed by atoms with E-state index in [1.807, 2.05) is 6.08 Å². The average Bonchev–Trinajstić information content (AvgIpc) is 3.70. The molecule has 1 aliphatic heterocycles. The molecule has 1 heterocycles. The summed E-state index contributed by atoms with van der Waals surface area (Å²) in [5.41, 5.74) is 0. The first kappa shape index (κ1) is 80.9. The molecule has 0 spiro atoms. The minimum absolute atomic E-state index is 0.166. The van der Waals surface area contributed by atoms with Gasteiger partial charge in [0.25, 0.3) is 0 Å². The number of hydrogen-bond donors (Lipinski definition) is 6. The molecular formula is C75H147NO8. The number of rotatable bonds is 68. The SMILES string of the molecule is CCCCCCCCCCCCCCCCCCCCCCCCC/C=C/C(O)C(COC1OC(CO)C(O)C(O)C1O)NC(=O)CCCCCCCCCCCCCCCCCCCCCCCCCCCCCCCCCCCCCC. The maximum atomic E-state index is 13.1. The molecule has 500 valence electrons. The van der Waals surface area contributed by atoms with Gasteiger partial charge in [-0.05, 0) is 19.3 Å². The maximum Gasteiger partial charge on any atom is 0.220 e. The number of carbonyl (C=O) groups excluding carboxylic acids is 1. The van der Waals surface area contributed by atoms with Gasteiger partial charge in [-0.15, -0.1) is 0 Å². The smallest absolute Gasteiger partial charge is 0.220 e. The summed E-state index contributed by atoms with van der Waals surface area (Å²) in [5, 5.41) is 54.8. The fraction of sp³-hybridized carbons (Fsp3) is 0.960. The molecule has 7 unspecified atom stereocenters. The van der Waals surface area contributed by atoms with Crippen molar-refractivity contribution in [1.82, 2.24) is 5.32 Å². The van der Waals surface area contributed by atoms with E-state index >= 15 is 0 Å². The molecule has 0 aromatic rings. The Morgan fingerprint density at radius 1 is 0.393 bits per heavy atom. The minimum Gasteiger partial charge on any atom is -0.394 e. The monoisotopic (exact) mass is 1190 g/mol. The Morgan fingerprint density at radius 2 is 0.655 bits per heavy atom. The molecule has 6 N–H and O–H groups in total. The maximum absolute atomic E-state index is 13.1. The predicted octanol–water partition coefficient (Wildman–Crippen LogP) is 21.0. The third-order valence-electron chi connectivity index (χ3n) is 18.6. The predicted molar refractivity (Wildman–Crippen MR) is 360 cm³/mol. The Morgan fingerprint density at radius 3 is 0.929 bits per heavy atom. The van der Waals surface area contributed by atoms with Gasteiger partial charge in [-0.2, -0.15) is 0 Å². The molecule has 1 fully saturated rings. The number of ether oxygens (including phenoxy) is 2. The van der Waals surface area contributed by atoms with Crippen LogP contribution in [0.4, 0.5) is 0 Å². The van der Waals surface area contributed by atoms with Crippen LogP contribution < -0.4 is 5.32 Å². The molecule has 1 amide bonds. The van der Waals surface area contributed by atoms with Gasteiger partial charge in [0.2, 0.25) is 5.91 Å². The van der Waals surface area contributed by atoms with Gasteiger partial charge in [0.1, 0.15) is 24.4 Å². The second-order valence-corrected chi connectivity index (χ2v) is 26.8. The lowest BCUT2D eigenvalue weighted by atomic mass is 9.99. The van der Waals surface area contributed by atoms with Crippen molar-refractivity contribution in [3.05, 3.63) is 12.2 Å². The van der Waals surface area contributed by atoms with Crippen molar-refractivity contribution < 1.29 is 39.8 Å². The molecule has 1 saturated heterocycles.